The first-order valence-corrected chi connectivity index (χ1v) is 13.7. The Bertz CT molecular complexity index is 1630. The van der Waals surface area contributed by atoms with Crippen LogP contribution in [-0.4, -0.2) is 60.1 Å². The van der Waals surface area contributed by atoms with Crippen molar-refractivity contribution in [1.29, 1.82) is 0 Å². The van der Waals surface area contributed by atoms with E-state index in [0.29, 0.717) is 54.6 Å². The second kappa shape index (κ2) is 11.4. The van der Waals surface area contributed by atoms with Crippen LogP contribution in [0.5, 0.6) is 5.88 Å². The smallest absolute Gasteiger partial charge is 0.410 e. The first-order valence-electron chi connectivity index (χ1n) is 13.7. The third kappa shape index (κ3) is 6.40. The number of aryl methyl sites for hydroxylation is 1. The number of allylic oxidation sites excluding steroid dienone is 1. The van der Waals surface area contributed by atoms with E-state index in [1.54, 1.807) is 27.8 Å². The van der Waals surface area contributed by atoms with E-state index >= 15 is 0 Å². The SMILES string of the molecule is C=CCn1c(=O)c2cnc(Nc3cccc(C)c3)nc2n1-c1cccc(OC2CCN(C(=O)OC(C)(C)C)CC2)n1. The summed E-state index contributed by atoms with van der Waals surface area (Å²) in [4.78, 5) is 41.2. The summed E-state index contributed by atoms with van der Waals surface area (Å²) >= 11 is 0. The zero-order valence-corrected chi connectivity index (χ0v) is 23.8. The zero-order valence-electron chi connectivity index (χ0n) is 23.8. The van der Waals surface area contributed by atoms with E-state index in [1.165, 1.54) is 10.9 Å². The van der Waals surface area contributed by atoms with Crippen molar-refractivity contribution in [2.45, 2.75) is 58.8 Å². The number of aromatic nitrogens is 5. The molecule has 0 radical (unpaired) electrons. The van der Waals surface area contributed by atoms with Crippen molar-refractivity contribution in [2.75, 3.05) is 18.4 Å². The second-order valence-corrected chi connectivity index (χ2v) is 11.0. The Labute approximate surface area is 238 Å². The normalized spacial score (nSPS) is 14.2. The molecular formula is C30H35N7O4. The number of likely N-dealkylation sites (tertiary alicyclic amines) is 1. The summed E-state index contributed by atoms with van der Waals surface area (Å²) in [5.41, 5.74) is 1.57. The number of hydrogen-bond donors (Lipinski definition) is 1. The Morgan fingerprint density at radius 3 is 2.61 bits per heavy atom. The molecule has 214 valence electrons. The minimum Gasteiger partial charge on any atom is -0.474 e. The van der Waals surface area contributed by atoms with Gasteiger partial charge in [0, 0.05) is 43.9 Å². The van der Waals surface area contributed by atoms with E-state index in [9.17, 15) is 9.59 Å². The highest BCUT2D eigenvalue weighted by Gasteiger charge is 2.28. The maximum atomic E-state index is 13.3. The molecule has 1 fully saturated rings. The molecule has 1 N–H and O–H groups in total. The number of nitrogens with zero attached hydrogens (tertiary/aromatic N) is 6. The summed E-state index contributed by atoms with van der Waals surface area (Å²) in [6, 6.07) is 13.3. The Morgan fingerprint density at radius 1 is 1.15 bits per heavy atom. The van der Waals surface area contributed by atoms with Gasteiger partial charge in [0.15, 0.2) is 11.5 Å². The highest BCUT2D eigenvalue weighted by Crippen LogP contribution is 2.23. The molecule has 5 rings (SSSR count). The van der Waals surface area contributed by atoms with Gasteiger partial charge in [0.2, 0.25) is 11.8 Å². The first-order chi connectivity index (χ1) is 19.6. The van der Waals surface area contributed by atoms with Crippen LogP contribution >= 0.6 is 0 Å². The minimum atomic E-state index is -0.536. The number of benzene rings is 1. The molecule has 1 amide bonds. The van der Waals surface area contributed by atoms with Gasteiger partial charge in [-0.2, -0.15) is 9.97 Å². The average molecular weight is 558 g/mol. The van der Waals surface area contributed by atoms with Crippen molar-refractivity contribution in [3.05, 3.63) is 77.2 Å². The highest BCUT2D eigenvalue weighted by molar-refractivity contribution is 5.77. The number of anilines is 2. The molecule has 11 heteroatoms. The molecule has 3 aromatic heterocycles. The molecule has 0 saturated carbocycles. The van der Waals surface area contributed by atoms with E-state index in [-0.39, 0.29) is 24.3 Å². The third-order valence-corrected chi connectivity index (χ3v) is 6.56. The molecule has 4 heterocycles. The summed E-state index contributed by atoms with van der Waals surface area (Å²) < 4.78 is 14.9. The Hall–Kier alpha value is -4.67. The van der Waals surface area contributed by atoms with Gasteiger partial charge in [-0.05, 0) is 51.5 Å². The van der Waals surface area contributed by atoms with Crippen LogP contribution in [0, 0.1) is 6.92 Å². The predicted molar refractivity (Wildman–Crippen MR) is 157 cm³/mol. The number of amides is 1. The lowest BCUT2D eigenvalue weighted by atomic mass is 10.1. The number of ether oxygens (including phenoxy) is 2. The van der Waals surface area contributed by atoms with Gasteiger partial charge >= 0.3 is 6.09 Å². The van der Waals surface area contributed by atoms with Gasteiger partial charge in [0.05, 0.1) is 6.54 Å². The van der Waals surface area contributed by atoms with Crippen LogP contribution in [0.2, 0.25) is 0 Å². The van der Waals surface area contributed by atoms with Gasteiger partial charge in [-0.3, -0.25) is 4.79 Å². The van der Waals surface area contributed by atoms with Crippen LogP contribution in [0.15, 0.2) is 66.1 Å². The molecule has 1 aliphatic rings. The van der Waals surface area contributed by atoms with Crippen LogP contribution in [0.25, 0.3) is 16.9 Å². The number of carbonyl (C=O) groups excluding carboxylic acids is 1. The van der Waals surface area contributed by atoms with Crippen LogP contribution < -0.4 is 15.6 Å². The quantitative estimate of drug-likeness (QED) is 0.316. The Morgan fingerprint density at radius 2 is 1.90 bits per heavy atom. The average Bonchev–Trinajstić information content (AvgIpc) is 3.19. The molecule has 1 aromatic carbocycles. The monoisotopic (exact) mass is 557 g/mol. The molecular weight excluding hydrogens is 522 g/mol. The molecule has 0 atom stereocenters. The van der Waals surface area contributed by atoms with Crippen molar-refractivity contribution < 1.29 is 14.3 Å². The topological polar surface area (TPSA) is 116 Å². The molecule has 0 aliphatic carbocycles. The second-order valence-electron chi connectivity index (χ2n) is 11.0. The number of hydrogen-bond acceptors (Lipinski definition) is 8. The Kier molecular flexibility index (Phi) is 7.78. The van der Waals surface area contributed by atoms with Crippen molar-refractivity contribution in [1.82, 2.24) is 29.2 Å². The lowest BCUT2D eigenvalue weighted by molar-refractivity contribution is 0.0123. The van der Waals surface area contributed by atoms with Gasteiger partial charge in [0.1, 0.15) is 17.1 Å². The molecule has 1 saturated heterocycles. The van der Waals surface area contributed by atoms with Crippen molar-refractivity contribution >= 4 is 28.8 Å². The molecule has 4 aromatic rings. The van der Waals surface area contributed by atoms with Gasteiger partial charge in [-0.25, -0.2) is 19.1 Å². The highest BCUT2D eigenvalue weighted by atomic mass is 16.6. The van der Waals surface area contributed by atoms with E-state index in [4.69, 9.17) is 19.4 Å². The van der Waals surface area contributed by atoms with Crippen molar-refractivity contribution in [2.24, 2.45) is 0 Å². The van der Waals surface area contributed by atoms with Crippen molar-refractivity contribution in [3.8, 4) is 11.7 Å². The standard InChI is InChI=1S/C30H35N7O4/c1-6-15-36-27(38)23-19-31-28(32-21-10-7-9-20(2)18-21)34-26(23)37(36)24-11-8-12-25(33-24)40-22-13-16-35(17-14-22)29(39)41-30(3,4)5/h6-12,18-19,22H,1,13-17H2,2-5H3,(H,31,32,34). The Balaban J connectivity index is 1.40. The predicted octanol–water partition coefficient (Wildman–Crippen LogP) is 4.99. The fraction of sp³-hybridized carbons (Fsp3) is 0.367. The van der Waals surface area contributed by atoms with Gasteiger partial charge in [-0.1, -0.05) is 24.3 Å². The first kappa shape index (κ1) is 27.9. The summed E-state index contributed by atoms with van der Waals surface area (Å²) in [5, 5.41) is 3.58. The van der Waals surface area contributed by atoms with Crippen LogP contribution in [0.1, 0.15) is 39.2 Å². The van der Waals surface area contributed by atoms with E-state index in [0.717, 1.165) is 11.3 Å². The minimum absolute atomic E-state index is 0.110. The van der Waals surface area contributed by atoms with Crippen LogP contribution in [0.3, 0.4) is 0 Å². The molecule has 0 spiro atoms. The molecule has 41 heavy (non-hydrogen) atoms. The molecule has 0 bridgehead atoms. The molecule has 1 aliphatic heterocycles. The largest absolute Gasteiger partial charge is 0.474 e. The maximum Gasteiger partial charge on any atom is 0.410 e. The van der Waals surface area contributed by atoms with Gasteiger partial charge in [0.25, 0.3) is 5.56 Å². The lowest BCUT2D eigenvalue weighted by Crippen LogP contribution is -2.44. The number of carbonyl (C=O) groups is 1. The van der Waals surface area contributed by atoms with E-state index in [1.807, 2.05) is 58.0 Å². The number of rotatable bonds is 7. The zero-order chi connectivity index (χ0) is 29.1. The molecule has 11 nitrogen and oxygen atoms in total. The fourth-order valence-corrected chi connectivity index (χ4v) is 4.70. The summed E-state index contributed by atoms with van der Waals surface area (Å²) in [6.07, 6.45) is 4.06. The third-order valence-electron chi connectivity index (χ3n) is 6.56. The number of piperidine rings is 1. The summed E-state index contributed by atoms with van der Waals surface area (Å²) in [7, 11) is 0. The van der Waals surface area contributed by atoms with Gasteiger partial charge < -0.3 is 19.7 Å². The van der Waals surface area contributed by atoms with Crippen molar-refractivity contribution in [3.63, 3.8) is 0 Å². The summed E-state index contributed by atoms with van der Waals surface area (Å²) in [5.74, 6) is 1.25. The van der Waals surface area contributed by atoms with E-state index in [2.05, 4.69) is 16.9 Å². The molecule has 0 unspecified atom stereocenters. The summed E-state index contributed by atoms with van der Waals surface area (Å²) in [6.45, 7) is 12.7. The number of pyridine rings is 1. The van der Waals surface area contributed by atoms with E-state index < -0.39 is 5.60 Å². The fourth-order valence-electron chi connectivity index (χ4n) is 4.70. The maximum absolute atomic E-state index is 13.3. The van der Waals surface area contributed by atoms with Crippen LogP contribution in [0.4, 0.5) is 16.4 Å². The van der Waals surface area contributed by atoms with Crippen LogP contribution in [-0.2, 0) is 11.3 Å². The number of fused-ring (bicyclic) bond motifs is 1. The van der Waals surface area contributed by atoms with Gasteiger partial charge in [-0.15, -0.1) is 6.58 Å². The lowest BCUT2D eigenvalue weighted by Gasteiger charge is -2.33. The number of nitrogens with one attached hydrogen (secondary N) is 1.